The molecule has 1 heterocycles. The number of halogens is 1. The molecule has 2 aromatic rings. The predicted octanol–water partition coefficient (Wildman–Crippen LogP) is 3.57. The zero-order valence-corrected chi connectivity index (χ0v) is 10.7. The normalized spacial score (nSPS) is 16.6. The van der Waals surface area contributed by atoms with Crippen LogP contribution in [0.1, 0.15) is 25.0 Å². The molecule has 0 amide bonds. The molecule has 0 saturated heterocycles. The summed E-state index contributed by atoms with van der Waals surface area (Å²) in [4.78, 5) is 3.44. The van der Waals surface area contributed by atoms with Crippen LogP contribution in [0.25, 0.3) is 10.9 Å². The Kier molecular flexibility index (Phi) is 2.74. The fourth-order valence-electron chi connectivity index (χ4n) is 2.13. The van der Waals surface area contributed by atoms with Crippen LogP contribution in [0.5, 0.6) is 0 Å². The Morgan fingerprint density at radius 2 is 2.19 bits per heavy atom. The van der Waals surface area contributed by atoms with Crippen LogP contribution in [0, 0.1) is 0 Å². The monoisotopic (exact) mass is 278 g/mol. The molecular formula is C13H15BrN2. The van der Waals surface area contributed by atoms with Gasteiger partial charge < -0.3 is 10.3 Å². The number of nitrogens with one attached hydrogen (secondary N) is 2. The van der Waals surface area contributed by atoms with Crippen molar-refractivity contribution in [3.63, 3.8) is 0 Å². The van der Waals surface area contributed by atoms with Crippen molar-refractivity contribution in [2.24, 2.45) is 0 Å². The lowest BCUT2D eigenvalue weighted by Crippen LogP contribution is -2.34. The van der Waals surface area contributed by atoms with Crippen molar-refractivity contribution in [2.75, 3.05) is 0 Å². The third-order valence-corrected chi connectivity index (χ3v) is 3.82. The second-order valence-electron chi connectivity index (χ2n) is 4.53. The Morgan fingerprint density at radius 3 is 2.94 bits per heavy atom. The molecule has 1 saturated carbocycles. The SMILES string of the molecule is Brc1ccc2[nH]c(CNC3CCC3)cc2c1. The van der Waals surface area contributed by atoms with Crippen molar-refractivity contribution < 1.29 is 0 Å². The number of hydrogen-bond acceptors (Lipinski definition) is 1. The number of rotatable bonds is 3. The van der Waals surface area contributed by atoms with E-state index in [4.69, 9.17) is 0 Å². The fourth-order valence-corrected chi connectivity index (χ4v) is 2.50. The molecule has 16 heavy (non-hydrogen) atoms. The van der Waals surface area contributed by atoms with E-state index in [1.165, 1.54) is 35.9 Å². The quantitative estimate of drug-likeness (QED) is 0.883. The summed E-state index contributed by atoms with van der Waals surface area (Å²) in [6, 6.07) is 9.32. The van der Waals surface area contributed by atoms with Crippen LogP contribution in [-0.2, 0) is 6.54 Å². The van der Waals surface area contributed by atoms with Crippen LogP contribution in [0.2, 0.25) is 0 Å². The standard InChI is InChI=1S/C13H15BrN2/c14-10-4-5-13-9(6-10)7-12(16-13)8-15-11-2-1-3-11/h4-7,11,15-16H,1-3,8H2. The molecule has 2 nitrogen and oxygen atoms in total. The van der Waals surface area contributed by atoms with E-state index in [0.29, 0.717) is 0 Å². The van der Waals surface area contributed by atoms with Gasteiger partial charge in [-0.1, -0.05) is 22.4 Å². The molecule has 1 aliphatic carbocycles. The van der Waals surface area contributed by atoms with E-state index < -0.39 is 0 Å². The van der Waals surface area contributed by atoms with Gasteiger partial charge in [-0.2, -0.15) is 0 Å². The van der Waals surface area contributed by atoms with Gasteiger partial charge in [-0.15, -0.1) is 0 Å². The maximum absolute atomic E-state index is 3.57. The average Bonchev–Trinajstić information content (AvgIpc) is 2.57. The number of benzene rings is 1. The summed E-state index contributed by atoms with van der Waals surface area (Å²) < 4.78 is 1.14. The van der Waals surface area contributed by atoms with E-state index in [1.54, 1.807) is 0 Å². The molecule has 0 aliphatic heterocycles. The number of aromatic amines is 1. The molecule has 0 radical (unpaired) electrons. The van der Waals surface area contributed by atoms with Crippen molar-refractivity contribution >= 4 is 26.8 Å². The molecule has 84 valence electrons. The van der Waals surface area contributed by atoms with Crippen molar-refractivity contribution in [2.45, 2.75) is 31.8 Å². The summed E-state index contributed by atoms with van der Waals surface area (Å²) >= 11 is 3.49. The first-order chi connectivity index (χ1) is 7.81. The van der Waals surface area contributed by atoms with Gasteiger partial charge in [0.1, 0.15) is 0 Å². The lowest BCUT2D eigenvalue weighted by Gasteiger charge is -2.26. The molecule has 2 N–H and O–H groups in total. The van der Waals surface area contributed by atoms with Crippen LogP contribution in [0.15, 0.2) is 28.7 Å². The van der Waals surface area contributed by atoms with E-state index >= 15 is 0 Å². The van der Waals surface area contributed by atoms with Gasteiger partial charge in [0.25, 0.3) is 0 Å². The molecule has 1 aromatic carbocycles. The zero-order valence-electron chi connectivity index (χ0n) is 9.09. The summed E-state index contributed by atoms with van der Waals surface area (Å²) in [5, 5.41) is 4.85. The Hall–Kier alpha value is -0.800. The topological polar surface area (TPSA) is 27.8 Å². The Morgan fingerprint density at radius 1 is 1.31 bits per heavy atom. The van der Waals surface area contributed by atoms with Gasteiger partial charge in [-0.05, 0) is 37.1 Å². The fraction of sp³-hybridized carbons (Fsp3) is 0.385. The van der Waals surface area contributed by atoms with E-state index in [2.05, 4.69) is 50.5 Å². The molecule has 3 heteroatoms. The Labute approximate surface area is 104 Å². The molecular weight excluding hydrogens is 264 g/mol. The molecule has 1 aliphatic rings. The summed E-state index contributed by atoms with van der Waals surface area (Å²) in [5.41, 5.74) is 2.49. The first kappa shape index (κ1) is 10.4. The predicted molar refractivity (Wildman–Crippen MR) is 70.5 cm³/mol. The highest BCUT2D eigenvalue weighted by molar-refractivity contribution is 9.10. The highest BCUT2D eigenvalue weighted by Crippen LogP contribution is 2.22. The first-order valence-corrected chi connectivity index (χ1v) is 6.61. The summed E-state index contributed by atoms with van der Waals surface area (Å²) in [7, 11) is 0. The van der Waals surface area contributed by atoms with Gasteiger partial charge in [0.05, 0.1) is 0 Å². The van der Waals surface area contributed by atoms with E-state index in [-0.39, 0.29) is 0 Å². The first-order valence-electron chi connectivity index (χ1n) is 5.82. The van der Waals surface area contributed by atoms with E-state index in [0.717, 1.165) is 17.1 Å². The molecule has 1 fully saturated rings. The van der Waals surface area contributed by atoms with Gasteiger partial charge in [0.15, 0.2) is 0 Å². The molecule has 0 atom stereocenters. The third-order valence-electron chi connectivity index (χ3n) is 3.32. The van der Waals surface area contributed by atoms with Crippen LogP contribution in [0.3, 0.4) is 0 Å². The van der Waals surface area contributed by atoms with Crippen molar-refractivity contribution in [3.8, 4) is 0 Å². The minimum Gasteiger partial charge on any atom is -0.357 e. The second kappa shape index (κ2) is 4.22. The molecule has 0 unspecified atom stereocenters. The summed E-state index contributed by atoms with van der Waals surface area (Å²) in [5.74, 6) is 0. The van der Waals surface area contributed by atoms with Crippen molar-refractivity contribution in [1.82, 2.24) is 10.3 Å². The van der Waals surface area contributed by atoms with Gasteiger partial charge in [-0.3, -0.25) is 0 Å². The number of H-pyrrole nitrogens is 1. The zero-order chi connectivity index (χ0) is 11.0. The molecule has 1 aromatic heterocycles. The van der Waals surface area contributed by atoms with Crippen LogP contribution in [0.4, 0.5) is 0 Å². The summed E-state index contributed by atoms with van der Waals surface area (Å²) in [6.45, 7) is 0.955. The van der Waals surface area contributed by atoms with Crippen LogP contribution in [-0.4, -0.2) is 11.0 Å². The Balaban J connectivity index is 1.76. The van der Waals surface area contributed by atoms with Gasteiger partial charge in [0.2, 0.25) is 0 Å². The molecule has 0 spiro atoms. The van der Waals surface area contributed by atoms with Gasteiger partial charge in [-0.25, -0.2) is 0 Å². The van der Waals surface area contributed by atoms with Gasteiger partial charge in [0, 0.05) is 33.7 Å². The molecule has 3 rings (SSSR count). The average molecular weight is 279 g/mol. The van der Waals surface area contributed by atoms with Gasteiger partial charge >= 0.3 is 0 Å². The van der Waals surface area contributed by atoms with Crippen molar-refractivity contribution in [3.05, 3.63) is 34.4 Å². The smallest absolute Gasteiger partial charge is 0.0457 e. The van der Waals surface area contributed by atoms with E-state index in [9.17, 15) is 0 Å². The number of aromatic nitrogens is 1. The second-order valence-corrected chi connectivity index (χ2v) is 5.45. The number of hydrogen-bond donors (Lipinski definition) is 2. The largest absolute Gasteiger partial charge is 0.357 e. The van der Waals surface area contributed by atoms with E-state index in [1.807, 2.05) is 0 Å². The molecule has 0 bridgehead atoms. The maximum atomic E-state index is 3.57. The highest BCUT2D eigenvalue weighted by Gasteiger charge is 2.16. The minimum atomic E-state index is 0.748. The highest BCUT2D eigenvalue weighted by atomic mass is 79.9. The number of fused-ring (bicyclic) bond motifs is 1. The van der Waals surface area contributed by atoms with Crippen LogP contribution >= 0.6 is 15.9 Å². The third kappa shape index (κ3) is 2.02. The minimum absolute atomic E-state index is 0.748. The lowest BCUT2D eigenvalue weighted by molar-refractivity contribution is 0.337. The lowest BCUT2D eigenvalue weighted by atomic mass is 9.93. The summed E-state index contributed by atoms with van der Waals surface area (Å²) in [6.07, 6.45) is 4.06. The Bertz CT molecular complexity index is 500. The van der Waals surface area contributed by atoms with Crippen LogP contribution < -0.4 is 5.32 Å². The van der Waals surface area contributed by atoms with Crippen molar-refractivity contribution in [1.29, 1.82) is 0 Å². The maximum Gasteiger partial charge on any atom is 0.0457 e.